The van der Waals surface area contributed by atoms with Crippen molar-refractivity contribution < 1.29 is 14.6 Å². The van der Waals surface area contributed by atoms with Gasteiger partial charge in [0.05, 0.1) is 12.1 Å². The summed E-state index contributed by atoms with van der Waals surface area (Å²) in [6.45, 7) is 5.32. The third-order valence-electron chi connectivity index (χ3n) is 5.01. The minimum atomic E-state index is -0.446. The van der Waals surface area contributed by atoms with Crippen LogP contribution in [0.1, 0.15) is 31.7 Å². The van der Waals surface area contributed by atoms with E-state index in [1.165, 1.54) is 5.56 Å². The molecule has 1 amide bonds. The van der Waals surface area contributed by atoms with Crippen molar-refractivity contribution in [3.63, 3.8) is 0 Å². The molecule has 2 fully saturated rings. The minimum absolute atomic E-state index is 0.123. The summed E-state index contributed by atoms with van der Waals surface area (Å²) in [6.07, 6.45) is 2.27. The number of hydrogen-bond donors (Lipinski definition) is 1. The number of carbonyl (C=O) groups is 1. The van der Waals surface area contributed by atoms with Gasteiger partial charge in [-0.2, -0.15) is 0 Å². The Hall–Kier alpha value is -1.43. The molecule has 0 aromatic heterocycles. The van der Waals surface area contributed by atoms with Crippen molar-refractivity contribution in [1.29, 1.82) is 0 Å². The van der Waals surface area contributed by atoms with Crippen LogP contribution in [-0.2, 0) is 16.1 Å². The SMILES string of the molecule is CC(O)CN(Cc1ccccc1)C1CCN(C2CCOCC2)C1=O. The average Bonchev–Trinajstić information content (AvgIpc) is 2.97. The van der Waals surface area contributed by atoms with E-state index >= 15 is 0 Å². The zero-order chi connectivity index (χ0) is 16.9. The van der Waals surface area contributed by atoms with E-state index in [0.717, 1.165) is 39.0 Å². The maximum atomic E-state index is 13.0. The molecule has 1 aromatic rings. The fourth-order valence-electron chi connectivity index (χ4n) is 3.84. The van der Waals surface area contributed by atoms with Crippen molar-refractivity contribution in [2.75, 3.05) is 26.3 Å². The second-order valence-electron chi connectivity index (χ2n) is 6.94. The Morgan fingerprint density at radius 1 is 1.25 bits per heavy atom. The summed E-state index contributed by atoms with van der Waals surface area (Å²) >= 11 is 0. The molecule has 2 unspecified atom stereocenters. The summed E-state index contributed by atoms with van der Waals surface area (Å²) < 4.78 is 5.42. The highest BCUT2D eigenvalue weighted by atomic mass is 16.5. The van der Waals surface area contributed by atoms with Gasteiger partial charge in [0.1, 0.15) is 0 Å². The van der Waals surface area contributed by atoms with Crippen LogP contribution in [0.3, 0.4) is 0 Å². The lowest BCUT2D eigenvalue weighted by molar-refractivity contribution is -0.136. The molecule has 5 nitrogen and oxygen atoms in total. The topological polar surface area (TPSA) is 53.0 Å². The lowest BCUT2D eigenvalue weighted by Gasteiger charge is -2.33. The van der Waals surface area contributed by atoms with Gasteiger partial charge in [-0.15, -0.1) is 0 Å². The smallest absolute Gasteiger partial charge is 0.240 e. The highest BCUT2D eigenvalue weighted by Crippen LogP contribution is 2.25. The second kappa shape index (κ2) is 8.10. The molecule has 1 aromatic carbocycles. The molecule has 0 spiro atoms. The first-order chi connectivity index (χ1) is 11.6. The molecule has 2 atom stereocenters. The largest absolute Gasteiger partial charge is 0.392 e. The van der Waals surface area contributed by atoms with Gasteiger partial charge in [0, 0.05) is 38.9 Å². The van der Waals surface area contributed by atoms with Crippen LogP contribution in [0.25, 0.3) is 0 Å². The summed E-state index contributed by atoms with van der Waals surface area (Å²) in [5.41, 5.74) is 1.18. The number of carbonyl (C=O) groups excluding carboxylic acids is 1. The van der Waals surface area contributed by atoms with Crippen LogP contribution in [0.2, 0.25) is 0 Å². The molecule has 0 bridgehead atoms. The van der Waals surface area contributed by atoms with E-state index in [1.54, 1.807) is 6.92 Å². The fraction of sp³-hybridized carbons (Fsp3) is 0.632. The quantitative estimate of drug-likeness (QED) is 0.861. The average molecular weight is 332 g/mol. The zero-order valence-electron chi connectivity index (χ0n) is 14.4. The van der Waals surface area contributed by atoms with Crippen LogP contribution >= 0.6 is 0 Å². The summed E-state index contributed by atoms with van der Waals surface area (Å²) in [5, 5.41) is 9.88. The molecule has 2 aliphatic heterocycles. The van der Waals surface area contributed by atoms with Crippen molar-refractivity contribution in [3.05, 3.63) is 35.9 Å². The third kappa shape index (κ3) is 4.15. The Balaban J connectivity index is 1.69. The predicted molar refractivity (Wildman–Crippen MR) is 92.5 cm³/mol. The predicted octanol–water partition coefficient (Wildman–Crippen LogP) is 1.65. The van der Waals surface area contributed by atoms with Crippen LogP contribution in [-0.4, -0.2) is 65.3 Å². The summed E-state index contributed by atoms with van der Waals surface area (Å²) in [7, 11) is 0. The fourth-order valence-corrected chi connectivity index (χ4v) is 3.84. The van der Waals surface area contributed by atoms with Gasteiger partial charge in [-0.1, -0.05) is 30.3 Å². The van der Waals surface area contributed by atoms with Gasteiger partial charge in [0.2, 0.25) is 5.91 Å². The van der Waals surface area contributed by atoms with Gasteiger partial charge in [0.25, 0.3) is 0 Å². The Morgan fingerprint density at radius 2 is 1.96 bits per heavy atom. The molecule has 2 aliphatic rings. The van der Waals surface area contributed by atoms with Gasteiger partial charge in [-0.3, -0.25) is 9.69 Å². The van der Waals surface area contributed by atoms with Gasteiger partial charge in [-0.05, 0) is 31.7 Å². The van der Waals surface area contributed by atoms with Crippen LogP contribution in [0.15, 0.2) is 30.3 Å². The first-order valence-corrected chi connectivity index (χ1v) is 8.99. The molecule has 3 rings (SSSR count). The number of rotatable bonds is 6. The third-order valence-corrected chi connectivity index (χ3v) is 5.01. The van der Waals surface area contributed by atoms with Crippen LogP contribution in [0.5, 0.6) is 0 Å². The number of benzene rings is 1. The Labute approximate surface area is 144 Å². The van der Waals surface area contributed by atoms with E-state index in [-0.39, 0.29) is 11.9 Å². The van der Waals surface area contributed by atoms with Crippen LogP contribution in [0, 0.1) is 0 Å². The molecule has 0 radical (unpaired) electrons. The Morgan fingerprint density at radius 3 is 2.62 bits per heavy atom. The first kappa shape index (κ1) is 17.4. The molecule has 2 saturated heterocycles. The number of amides is 1. The van der Waals surface area contributed by atoms with Gasteiger partial charge in [0.15, 0.2) is 0 Å². The molecule has 0 saturated carbocycles. The van der Waals surface area contributed by atoms with E-state index in [1.807, 2.05) is 23.1 Å². The minimum Gasteiger partial charge on any atom is -0.392 e. The number of aliphatic hydroxyl groups excluding tert-OH is 1. The van der Waals surface area contributed by atoms with Crippen molar-refractivity contribution in [3.8, 4) is 0 Å². The number of likely N-dealkylation sites (tertiary alicyclic amines) is 1. The van der Waals surface area contributed by atoms with Crippen LogP contribution in [0.4, 0.5) is 0 Å². The first-order valence-electron chi connectivity index (χ1n) is 8.99. The monoisotopic (exact) mass is 332 g/mol. The lowest BCUT2D eigenvalue weighted by atomic mass is 10.1. The number of ether oxygens (including phenoxy) is 1. The van der Waals surface area contributed by atoms with Gasteiger partial charge < -0.3 is 14.7 Å². The normalized spacial score (nSPS) is 23.9. The van der Waals surface area contributed by atoms with Crippen molar-refractivity contribution >= 4 is 5.91 Å². The van der Waals surface area contributed by atoms with E-state index in [0.29, 0.717) is 19.1 Å². The van der Waals surface area contributed by atoms with Crippen molar-refractivity contribution in [2.45, 2.75) is 50.9 Å². The second-order valence-corrected chi connectivity index (χ2v) is 6.94. The molecule has 5 heteroatoms. The lowest BCUT2D eigenvalue weighted by Crippen LogP contribution is -2.47. The zero-order valence-corrected chi connectivity index (χ0v) is 14.4. The van der Waals surface area contributed by atoms with E-state index in [9.17, 15) is 9.90 Å². The highest BCUT2D eigenvalue weighted by Gasteiger charge is 2.39. The molecule has 132 valence electrons. The molecule has 1 N–H and O–H groups in total. The highest BCUT2D eigenvalue weighted by molar-refractivity contribution is 5.84. The van der Waals surface area contributed by atoms with Crippen molar-refractivity contribution in [1.82, 2.24) is 9.80 Å². The van der Waals surface area contributed by atoms with E-state index in [4.69, 9.17) is 4.74 Å². The van der Waals surface area contributed by atoms with Gasteiger partial charge >= 0.3 is 0 Å². The Kier molecular flexibility index (Phi) is 5.87. The molecular weight excluding hydrogens is 304 g/mol. The maximum Gasteiger partial charge on any atom is 0.240 e. The Bertz CT molecular complexity index is 529. The molecular formula is C19H28N2O3. The number of nitrogens with zero attached hydrogens (tertiary/aromatic N) is 2. The molecule has 2 heterocycles. The van der Waals surface area contributed by atoms with Gasteiger partial charge in [-0.25, -0.2) is 0 Å². The van der Waals surface area contributed by atoms with E-state index < -0.39 is 6.10 Å². The number of aliphatic hydroxyl groups is 1. The van der Waals surface area contributed by atoms with E-state index in [2.05, 4.69) is 17.0 Å². The summed E-state index contributed by atoms with van der Waals surface area (Å²) in [5.74, 6) is 0.221. The van der Waals surface area contributed by atoms with Crippen molar-refractivity contribution in [2.24, 2.45) is 0 Å². The summed E-state index contributed by atoms with van der Waals surface area (Å²) in [4.78, 5) is 17.2. The van der Waals surface area contributed by atoms with Crippen LogP contribution < -0.4 is 0 Å². The summed E-state index contributed by atoms with van der Waals surface area (Å²) in [6, 6.07) is 10.4. The number of hydrogen-bond acceptors (Lipinski definition) is 4. The molecule has 24 heavy (non-hydrogen) atoms. The standard InChI is InChI=1S/C19H28N2O3/c1-15(22)13-20(14-16-5-3-2-4-6-16)18-7-10-21(19(18)23)17-8-11-24-12-9-17/h2-6,15,17-18,22H,7-14H2,1H3. The maximum absolute atomic E-state index is 13.0. The molecule has 0 aliphatic carbocycles.